The molecule has 2 aromatic rings. The Kier molecular flexibility index (Phi) is 9.16. The first kappa shape index (κ1) is 28.4. The highest BCUT2D eigenvalue weighted by Gasteiger charge is 2.61. The summed E-state index contributed by atoms with van der Waals surface area (Å²) >= 11 is 0. The number of benzene rings is 2. The minimum Gasteiger partial charge on any atom is -0.480 e. The molecule has 0 saturated heterocycles. The van der Waals surface area contributed by atoms with Crippen LogP contribution in [-0.2, 0) is 28.2 Å². The van der Waals surface area contributed by atoms with Crippen LogP contribution in [0, 0.1) is 17.8 Å². The van der Waals surface area contributed by atoms with Gasteiger partial charge in [0.05, 0.1) is 19.1 Å². The molecule has 1 amide bonds. The van der Waals surface area contributed by atoms with Gasteiger partial charge in [0.15, 0.2) is 0 Å². The molecular weight excluding hydrogens is 497 g/mol. The summed E-state index contributed by atoms with van der Waals surface area (Å²) in [6.07, 6.45) is -0.639. The molecule has 1 fully saturated rings. The van der Waals surface area contributed by atoms with Gasteiger partial charge in [-0.05, 0) is 64.3 Å². The van der Waals surface area contributed by atoms with E-state index >= 15 is 0 Å². The van der Waals surface area contributed by atoms with Crippen LogP contribution in [-0.4, -0.2) is 48.0 Å². The molecule has 0 aliphatic heterocycles. The maximum atomic E-state index is 14.1. The van der Waals surface area contributed by atoms with Crippen molar-refractivity contribution in [3.05, 3.63) is 60.7 Å². The van der Waals surface area contributed by atoms with E-state index in [4.69, 9.17) is 14.0 Å². The molecular formula is C27H34NO8P. The fraction of sp³-hybridized carbons (Fsp3) is 0.444. The highest BCUT2D eigenvalue weighted by molar-refractivity contribution is 7.74. The monoisotopic (exact) mass is 531 g/mol. The molecule has 200 valence electrons. The van der Waals surface area contributed by atoms with E-state index in [1.165, 1.54) is 0 Å². The third-order valence-electron chi connectivity index (χ3n) is 6.03. The zero-order valence-corrected chi connectivity index (χ0v) is 22.4. The standard InChI is InChI=1S/C27H34NO8P/c1-5-34-25(31)22-20(21(22)23(24(29)30)28-26(32)36-27(2,3)4)16-17-35-37(33,18-12-8-6-9-13-18)19-14-10-7-11-15-19/h6-15,20-23H,5,16-17H2,1-4H3,(H,28,32)(H,29,30). The van der Waals surface area contributed by atoms with Crippen LogP contribution in [0.5, 0.6) is 0 Å². The molecule has 2 aromatic carbocycles. The Bertz CT molecular complexity index is 1090. The average Bonchev–Trinajstić information content (AvgIpc) is 3.56. The van der Waals surface area contributed by atoms with Crippen LogP contribution in [0.4, 0.5) is 4.79 Å². The van der Waals surface area contributed by atoms with Crippen molar-refractivity contribution < 1.29 is 38.1 Å². The molecule has 4 atom stereocenters. The van der Waals surface area contributed by atoms with Crippen molar-refractivity contribution in [2.24, 2.45) is 17.8 Å². The van der Waals surface area contributed by atoms with Crippen LogP contribution in [0.2, 0.25) is 0 Å². The predicted octanol–water partition coefficient (Wildman–Crippen LogP) is 3.73. The first-order chi connectivity index (χ1) is 17.5. The van der Waals surface area contributed by atoms with E-state index in [-0.39, 0.29) is 19.6 Å². The van der Waals surface area contributed by atoms with E-state index < -0.39 is 54.8 Å². The number of aliphatic carboxylic acids is 1. The van der Waals surface area contributed by atoms with E-state index in [2.05, 4.69) is 5.32 Å². The molecule has 0 radical (unpaired) electrons. The van der Waals surface area contributed by atoms with E-state index in [0.717, 1.165) is 0 Å². The molecule has 1 saturated carbocycles. The molecule has 9 nitrogen and oxygen atoms in total. The fourth-order valence-corrected chi connectivity index (χ4v) is 6.51. The first-order valence-corrected chi connectivity index (χ1v) is 13.8. The molecule has 0 heterocycles. The number of hydrogen-bond acceptors (Lipinski definition) is 7. The summed E-state index contributed by atoms with van der Waals surface area (Å²) in [5.74, 6) is -3.74. The van der Waals surface area contributed by atoms with Gasteiger partial charge in [0.2, 0.25) is 0 Å². The Hall–Kier alpha value is -3.16. The zero-order valence-electron chi connectivity index (χ0n) is 21.5. The number of carbonyl (C=O) groups is 3. The van der Waals surface area contributed by atoms with E-state index in [0.29, 0.717) is 10.6 Å². The number of hydrogen-bond donors (Lipinski definition) is 2. The molecule has 37 heavy (non-hydrogen) atoms. The normalized spacial score (nSPS) is 19.9. The Morgan fingerprint density at radius 3 is 2.00 bits per heavy atom. The van der Waals surface area contributed by atoms with Gasteiger partial charge in [-0.2, -0.15) is 0 Å². The van der Waals surface area contributed by atoms with E-state index in [9.17, 15) is 24.1 Å². The molecule has 4 unspecified atom stereocenters. The van der Waals surface area contributed by atoms with Crippen LogP contribution in [0.25, 0.3) is 0 Å². The van der Waals surface area contributed by atoms with Gasteiger partial charge in [-0.1, -0.05) is 36.4 Å². The Labute approximate surface area is 217 Å². The third kappa shape index (κ3) is 7.21. The minimum absolute atomic E-state index is 0.0108. The van der Waals surface area contributed by atoms with Gasteiger partial charge in [0.25, 0.3) is 7.37 Å². The van der Waals surface area contributed by atoms with E-state index in [1.54, 1.807) is 76.2 Å². The number of carboxylic acid groups (broad SMARTS) is 1. The van der Waals surface area contributed by atoms with Crippen molar-refractivity contribution >= 4 is 36.0 Å². The van der Waals surface area contributed by atoms with Gasteiger partial charge >= 0.3 is 18.0 Å². The van der Waals surface area contributed by atoms with Gasteiger partial charge in [-0.25, -0.2) is 9.59 Å². The molecule has 0 aromatic heterocycles. The van der Waals surface area contributed by atoms with Crippen molar-refractivity contribution in [3.8, 4) is 0 Å². The number of ether oxygens (including phenoxy) is 2. The lowest BCUT2D eigenvalue weighted by Gasteiger charge is -2.22. The molecule has 1 aliphatic carbocycles. The Morgan fingerprint density at radius 2 is 1.54 bits per heavy atom. The number of carbonyl (C=O) groups excluding carboxylic acids is 2. The second-order valence-electron chi connectivity index (χ2n) is 9.83. The average molecular weight is 532 g/mol. The summed E-state index contributed by atoms with van der Waals surface area (Å²) in [5.41, 5.74) is -0.819. The molecule has 0 spiro atoms. The summed E-state index contributed by atoms with van der Waals surface area (Å²) in [4.78, 5) is 37.0. The summed E-state index contributed by atoms with van der Waals surface area (Å²) in [5, 5.41) is 13.3. The lowest BCUT2D eigenvalue weighted by Crippen LogP contribution is -2.45. The summed E-state index contributed by atoms with van der Waals surface area (Å²) in [7, 11) is -3.44. The van der Waals surface area contributed by atoms with Crippen molar-refractivity contribution in [1.82, 2.24) is 5.32 Å². The second-order valence-corrected chi connectivity index (χ2v) is 12.2. The van der Waals surface area contributed by atoms with Crippen molar-refractivity contribution in [2.75, 3.05) is 13.2 Å². The predicted molar refractivity (Wildman–Crippen MR) is 138 cm³/mol. The van der Waals surface area contributed by atoms with Crippen LogP contribution in [0.1, 0.15) is 34.1 Å². The summed E-state index contributed by atoms with van der Waals surface area (Å²) in [6.45, 7) is 6.81. The molecule has 10 heteroatoms. The maximum Gasteiger partial charge on any atom is 0.408 e. The molecule has 3 rings (SSSR count). The van der Waals surface area contributed by atoms with Gasteiger partial charge < -0.3 is 24.4 Å². The second kappa shape index (κ2) is 11.9. The highest BCUT2D eigenvalue weighted by atomic mass is 31.2. The number of nitrogens with one attached hydrogen (secondary N) is 1. The van der Waals surface area contributed by atoms with Gasteiger partial charge in [-0.15, -0.1) is 0 Å². The van der Waals surface area contributed by atoms with Gasteiger partial charge in [-0.3, -0.25) is 9.36 Å². The van der Waals surface area contributed by atoms with Crippen molar-refractivity contribution in [1.29, 1.82) is 0 Å². The lowest BCUT2D eigenvalue weighted by molar-refractivity contribution is -0.145. The number of esters is 1. The van der Waals surface area contributed by atoms with Gasteiger partial charge in [0.1, 0.15) is 11.6 Å². The van der Waals surface area contributed by atoms with Crippen molar-refractivity contribution in [2.45, 2.75) is 45.8 Å². The topological polar surface area (TPSA) is 128 Å². The van der Waals surface area contributed by atoms with Crippen LogP contribution in [0.15, 0.2) is 60.7 Å². The van der Waals surface area contributed by atoms with Gasteiger partial charge in [0, 0.05) is 16.5 Å². The quantitative estimate of drug-likeness (QED) is 0.332. The third-order valence-corrected chi connectivity index (χ3v) is 8.53. The largest absolute Gasteiger partial charge is 0.480 e. The Balaban J connectivity index is 1.77. The number of rotatable bonds is 11. The molecule has 1 aliphatic rings. The maximum absolute atomic E-state index is 14.1. The Morgan fingerprint density at radius 1 is 1.00 bits per heavy atom. The fourth-order valence-electron chi connectivity index (χ4n) is 4.42. The van der Waals surface area contributed by atoms with Crippen LogP contribution in [0.3, 0.4) is 0 Å². The van der Waals surface area contributed by atoms with Crippen LogP contribution >= 0.6 is 7.37 Å². The molecule has 0 bridgehead atoms. The summed E-state index contributed by atoms with van der Waals surface area (Å²) in [6, 6.07) is 16.3. The zero-order chi connectivity index (χ0) is 27.2. The first-order valence-electron chi connectivity index (χ1n) is 12.2. The number of alkyl carbamates (subject to hydrolysis) is 1. The minimum atomic E-state index is -3.44. The molecule has 2 N–H and O–H groups in total. The smallest absolute Gasteiger partial charge is 0.408 e. The highest BCUT2D eigenvalue weighted by Crippen LogP contribution is 2.53. The SMILES string of the molecule is CCOC(=O)C1C(CCOP(=O)(c2ccccc2)c2ccccc2)C1C(NC(=O)OC(C)(C)C)C(=O)O. The van der Waals surface area contributed by atoms with Crippen molar-refractivity contribution in [3.63, 3.8) is 0 Å². The van der Waals surface area contributed by atoms with Crippen LogP contribution < -0.4 is 15.9 Å². The number of amides is 1. The van der Waals surface area contributed by atoms with E-state index in [1.807, 2.05) is 12.1 Å². The summed E-state index contributed by atoms with van der Waals surface area (Å²) < 4.78 is 30.4. The lowest BCUT2D eigenvalue weighted by atomic mass is 10.1. The number of carboxylic acids is 1.